The first kappa shape index (κ1) is 19.6. The number of benzene rings is 2. The minimum Gasteiger partial charge on any atom is -0.210 e. The molecule has 0 aromatic heterocycles. The topological polar surface area (TPSA) is 23.8 Å². The summed E-state index contributed by atoms with van der Waals surface area (Å²) < 4.78 is 28.2. The summed E-state index contributed by atoms with van der Waals surface area (Å²) >= 11 is 0. The molecule has 0 fully saturated rings. The summed E-state index contributed by atoms with van der Waals surface area (Å²) in [7, 11) is 0. The summed E-state index contributed by atoms with van der Waals surface area (Å²) in [5, 5.41) is 9.76. The maximum Gasteiger partial charge on any atom is 0.137 e. The SMILES string of the molecule is CCCCc1ccc(C2(C#N)CC=C(C#Cc3cccc(F)c3)C=C2F)cc1. The number of nitriles is 1. The molecular formula is C25H21F2N. The molecule has 1 aliphatic rings. The maximum atomic E-state index is 15.0. The van der Waals surface area contributed by atoms with Crippen LogP contribution in [0.3, 0.4) is 0 Å². The van der Waals surface area contributed by atoms with E-state index in [0.29, 0.717) is 16.7 Å². The second-order valence-corrected chi connectivity index (χ2v) is 6.93. The van der Waals surface area contributed by atoms with Crippen molar-refractivity contribution in [3.05, 3.63) is 94.6 Å². The summed E-state index contributed by atoms with van der Waals surface area (Å²) in [6.45, 7) is 2.14. The molecule has 0 N–H and O–H groups in total. The van der Waals surface area contributed by atoms with Gasteiger partial charge in [0.15, 0.2) is 0 Å². The highest BCUT2D eigenvalue weighted by Crippen LogP contribution is 2.40. The van der Waals surface area contributed by atoms with Crippen LogP contribution in [-0.2, 0) is 11.8 Å². The first-order chi connectivity index (χ1) is 13.6. The van der Waals surface area contributed by atoms with E-state index < -0.39 is 11.2 Å². The lowest BCUT2D eigenvalue weighted by Gasteiger charge is -2.27. The van der Waals surface area contributed by atoms with E-state index in [9.17, 15) is 9.65 Å². The molecular weight excluding hydrogens is 352 g/mol. The van der Waals surface area contributed by atoms with Gasteiger partial charge in [0.05, 0.1) is 6.07 Å². The van der Waals surface area contributed by atoms with Crippen LogP contribution < -0.4 is 0 Å². The predicted octanol–water partition coefficient (Wildman–Crippen LogP) is 6.16. The van der Waals surface area contributed by atoms with Crippen molar-refractivity contribution in [2.75, 3.05) is 0 Å². The molecule has 0 radical (unpaired) electrons. The average molecular weight is 373 g/mol. The molecule has 140 valence electrons. The van der Waals surface area contributed by atoms with Crippen LogP contribution in [0.2, 0.25) is 0 Å². The van der Waals surface area contributed by atoms with E-state index in [0.717, 1.165) is 19.3 Å². The minimum atomic E-state index is -1.31. The van der Waals surface area contributed by atoms with Gasteiger partial charge in [0.1, 0.15) is 17.1 Å². The first-order valence-corrected chi connectivity index (χ1v) is 9.43. The van der Waals surface area contributed by atoms with Crippen molar-refractivity contribution in [1.29, 1.82) is 5.26 Å². The van der Waals surface area contributed by atoms with E-state index in [1.165, 1.54) is 23.8 Å². The van der Waals surface area contributed by atoms with Crippen molar-refractivity contribution in [3.8, 4) is 17.9 Å². The van der Waals surface area contributed by atoms with Gasteiger partial charge in [0.25, 0.3) is 0 Å². The van der Waals surface area contributed by atoms with Crippen molar-refractivity contribution < 1.29 is 8.78 Å². The monoisotopic (exact) mass is 373 g/mol. The Bertz CT molecular complexity index is 1010. The van der Waals surface area contributed by atoms with Crippen LogP contribution >= 0.6 is 0 Å². The molecule has 2 aromatic carbocycles. The first-order valence-electron chi connectivity index (χ1n) is 9.43. The highest BCUT2D eigenvalue weighted by molar-refractivity contribution is 5.53. The standard InChI is InChI=1S/C25H21F2N/c1-2-3-5-19-10-12-22(13-11-19)25(18-28)15-14-21(17-24(25)27)9-8-20-6-4-7-23(26)16-20/h4,6-7,10-14,16-17H,2-3,5,15H2,1H3. The third-order valence-corrected chi connectivity index (χ3v) is 4.95. The zero-order chi connectivity index (χ0) is 20.0. The molecule has 0 amide bonds. The van der Waals surface area contributed by atoms with E-state index in [4.69, 9.17) is 0 Å². The Morgan fingerprint density at radius 3 is 2.50 bits per heavy atom. The quantitative estimate of drug-likeness (QED) is 0.588. The fourth-order valence-corrected chi connectivity index (χ4v) is 3.23. The largest absolute Gasteiger partial charge is 0.210 e. The van der Waals surface area contributed by atoms with Crippen LogP contribution in [0.4, 0.5) is 8.78 Å². The normalized spacial score (nSPS) is 18.4. The number of aryl methyl sites for hydroxylation is 1. The van der Waals surface area contributed by atoms with Crippen molar-refractivity contribution in [1.82, 2.24) is 0 Å². The molecule has 1 atom stereocenters. The lowest BCUT2D eigenvalue weighted by atomic mass is 9.74. The summed E-state index contributed by atoms with van der Waals surface area (Å²) in [5.41, 5.74) is 1.54. The molecule has 0 spiro atoms. The Labute approximate surface area is 165 Å². The van der Waals surface area contributed by atoms with Crippen LogP contribution in [0, 0.1) is 29.0 Å². The lowest BCUT2D eigenvalue weighted by molar-refractivity contribution is 0.471. The average Bonchev–Trinajstić information content (AvgIpc) is 2.72. The smallest absolute Gasteiger partial charge is 0.137 e. The fourth-order valence-electron chi connectivity index (χ4n) is 3.23. The minimum absolute atomic E-state index is 0.216. The van der Waals surface area contributed by atoms with Gasteiger partial charge in [0.2, 0.25) is 0 Å². The number of hydrogen-bond acceptors (Lipinski definition) is 1. The molecule has 3 rings (SSSR count). The number of unbranched alkanes of at least 4 members (excludes halogenated alkanes) is 1. The van der Waals surface area contributed by atoms with Gasteiger partial charge in [0, 0.05) is 11.1 Å². The van der Waals surface area contributed by atoms with Crippen molar-refractivity contribution in [3.63, 3.8) is 0 Å². The molecule has 0 heterocycles. The van der Waals surface area contributed by atoms with Gasteiger partial charge in [-0.05, 0) is 54.7 Å². The van der Waals surface area contributed by atoms with Gasteiger partial charge in [-0.2, -0.15) is 5.26 Å². The highest BCUT2D eigenvalue weighted by Gasteiger charge is 2.38. The summed E-state index contributed by atoms with van der Waals surface area (Å²) in [5.74, 6) is 4.82. The van der Waals surface area contributed by atoms with Crippen molar-refractivity contribution >= 4 is 0 Å². The third-order valence-electron chi connectivity index (χ3n) is 4.95. The molecule has 1 aliphatic carbocycles. The molecule has 0 saturated carbocycles. The van der Waals surface area contributed by atoms with Gasteiger partial charge < -0.3 is 0 Å². The second kappa shape index (κ2) is 8.68. The van der Waals surface area contributed by atoms with Gasteiger partial charge in [-0.15, -0.1) is 0 Å². The zero-order valence-corrected chi connectivity index (χ0v) is 15.8. The van der Waals surface area contributed by atoms with Crippen LogP contribution in [0.15, 0.2) is 72.1 Å². The van der Waals surface area contributed by atoms with E-state index in [1.54, 1.807) is 18.2 Å². The molecule has 3 heteroatoms. The Morgan fingerprint density at radius 1 is 1.07 bits per heavy atom. The molecule has 1 nitrogen and oxygen atoms in total. The van der Waals surface area contributed by atoms with E-state index in [-0.39, 0.29) is 12.2 Å². The predicted molar refractivity (Wildman–Crippen MR) is 108 cm³/mol. The highest BCUT2D eigenvalue weighted by atomic mass is 19.1. The Balaban J connectivity index is 1.83. The number of nitrogens with zero attached hydrogens (tertiary/aromatic N) is 1. The van der Waals surface area contributed by atoms with Crippen LogP contribution in [0.1, 0.15) is 42.9 Å². The van der Waals surface area contributed by atoms with Crippen LogP contribution in [0.5, 0.6) is 0 Å². The maximum absolute atomic E-state index is 15.0. The second-order valence-electron chi connectivity index (χ2n) is 6.93. The summed E-state index contributed by atoms with van der Waals surface area (Å²) in [6.07, 6.45) is 6.49. The molecule has 2 aromatic rings. The lowest BCUT2D eigenvalue weighted by Crippen LogP contribution is -2.26. The number of halogens is 2. The van der Waals surface area contributed by atoms with Gasteiger partial charge in [-0.3, -0.25) is 0 Å². The molecule has 1 unspecified atom stereocenters. The Kier molecular flexibility index (Phi) is 6.07. The number of allylic oxidation sites excluding steroid dienone is 4. The fraction of sp³-hybridized carbons (Fsp3) is 0.240. The van der Waals surface area contributed by atoms with Gasteiger partial charge in [-0.25, -0.2) is 8.78 Å². The number of hydrogen-bond donors (Lipinski definition) is 0. The summed E-state index contributed by atoms with van der Waals surface area (Å²) in [4.78, 5) is 0. The zero-order valence-electron chi connectivity index (χ0n) is 15.8. The molecule has 28 heavy (non-hydrogen) atoms. The third kappa shape index (κ3) is 4.21. The molecule has 0 bridgehead atoms. The Morgan fingerprint density at radius 2 is 1.86 bits per heavy atom. The molecule has 0 aliphatic heterocycles. The number of rotatable bonds is 4. The van der Waals surface area contributed by atoms with Crippen molar-refractivity contribution in [2.24, 2.45) is 0 Å². The van der Waals surface area contributed by atoms with E-state index >= 15 is 4.39 Å². The van der Waals surface area contributed by atoms with E-state index in [1.807, 2.05) is 24.3 Å². The Hall–Kier alpha value is -3.17. The van der Waals surface area contributed by atoms with E-state index in [2.05, 4.69) is 24.8 Å². The van der Waals surface area contributed by atoms with Crippen LogP contribution in [0.25, 0.3) is 0 Å². The van der Waals surface area contributed by atoms with Crippen molar-refractivity contribution in [2.45, 2.75) is 38.0 Å². The van der Waals surface area contributed by atoms with Gasteiger partial charge >= 0.3 is 0 Å². The summed E-state index contributed by atoms with van der Waals surface area (Å²) in [6, 6.07) is 15.7. The molecule has 0 saturated heterocycles. The van der Waals surface area contributed by atoms with Gasteiger partial charge in [-0.1, -0.05) is 61.6 Å². The van der Waals surface area contributed by atoms with Crippen LogP contribution in [-0.4, -0.2) is 0 Å².